The molecule has 1 aliphatic heterocycles. The van der Waals surface area contributed by atoms with Crippen molar-refractivity contribution < 1.29 is 37.9 Å². The Bertz CT molecular complexity index is 4420. The number of rotatable bonds is 80. The van der Waals surface area contributed by atoms with Crippen LogP contribution in [0.25, 0.3) is 43.1 Å². The second-order valence-corrected chi connectivity index (χ2v) is 37.0. The number of fused-ring (bicyclic) bond motifs is 20. The highest BCUT2D eigenvalue weighted by atomic mass is 16.6. The Labute approximate surface area is 762 Å². The van der Waals surface area contributed by atoms with E-state index in [9.17, 15) is 0 Å². The third-order valence-corrected chi connectivity index (χ3v) is 26.3. The minimum absolute atomic E-state index is 0.365. The van der Waals surface area contributed by atoms with Gasteiger partial charge in [-0.2, -0.15) is 0 Å². The summed E-state index contributed by atoms with van der Waals surface area (Å²) in [5, 5.41) is 7.91. The molecule has 4 aromatic carbocycles. The summed E-state index contributed by atoms with van der Waals surface area (Å²) in [6, 6.07) is 22.6. The van der Waals surface area contributed by atoms with E-state index in [1.165, 1.54) is 375 Å². The lowest BCUT2D eigenvalue weighted by atomic mass is 9.93. The Kier molecular flexibility index (Phi) is 54.2. The van der Waals surface area contributed by atoms with Crippen molar-refractivity contribution in [3.8, 4) is 11.5 Å². The van der Waals surface area contributed by atoms with Crippen molar-refractivity contribution in [3.63, 3.8) is 0 Å². The summed E-state index contributed by atoms with van der Waals surface area (Å²) >= 11 is 0. The maximum Gasteiger partial charge on any atom is 0.142 e. The maximum absolute atomic E-state index is 6.53. The van der Waals surface area contributed by atoms with Gasteiger partial charge in [0.2, 0.25) is 0 Å². The summed E-state index contributed by atoms with van der Waals surface area (Å²) in [6.07, 6.45) is 79.5. The second kappa shape index (κ2) is 66.0. The van der Waals surface area contributed by atoms with Gasteiger partial charge in [0, 0.05) is 57.3 Å². The number of H-pyrrole nitrogens is 4. The number of ether oxygens (including phenoxy) is 8. The molecular weight excluding hydrogens is 1560 g/mol. The molecule has 0 aliphatic carbocycles. The zero-order valence-corrected chi connectivity index (χ0v) is 80.7. The first kappa shape index (κ1) is 103. The highest BCUT2D eigenvalue weighted by molar-refractivity contribution is 6.02. The van der Waals surface area contributed by atoms with E-state index in [1.54, 1.807) is 14.2 Å². The van der Waals surface area contributed by atoms with Crippen molar-refractivity contribution in [2.75, 3.05) is 93.5 Å². The fourth-order valence-corrected chi connectivity index (χ4v) is 18.7. The number of hydrogen-bond donors (Lipinski definition) is 4. The summed E-state index contributed by atoms with van der Waals surface area (Å²) in [5.74, 6) is 4.31. The monoisotopic (exact) mass is 1740 g/mol. The SMILES string of the molecule is CCCCCCCCCCCCCCCCc1cc2c3[nH]c(c2cc1CCCCCCCCCCCCCCCC)N=c1[nH]c(c2cc(CCCCCCCCCCCCCCCC)c(CCCCCCCCCCCCCCCC)cc12)=Nc1[nH]c(c2ccc(OCCOCCOCCOC)cc12)N=c1[nH]c(c2ccc(OCCOCCOCCOC)cc12)=N3. The Balaban J connectivity index is 1.11. The van der Waals surface area contributed by atoms with Crippen molar-refractivity contribution in [1.29, 1.82) is 0 Å². The van der Waals surface area contributed by atoms with Crippen molar-refractivity contribution in [2.24, 2.45) is 20.0 Å². The third-order valence-electron chi connectivity index (χ3n) is 26.3. The second-order valence-electron chi connectivity index (χ2n) is 37.0. The normalized spacial score (nSPS) is 12.2. The minimum Gasteiger partial charge on any atom is -0.491 e. The molecule has 0 atom stereocenters. The number of aromatic nitrogens is 4. The molecular formula is C110H176N8O8. The maximum atomic E-state index is 6.53. The minimum atomic E-state index is 0.365. The lowest BCUT2D eigenvalue weighted by molar-refractivity contribution is 0.0180. The van der Waals surface area contributed by atoms with E-state index in [4.69, 9.17) is 57.9 Å². The van der Waals surface area contributed by atoms with E-state index < -0.39 is 0 Å². The van der Waals surface area contributed by atoms with E-state index in [2.05, 4.69) is 96.2 Å². The molecule has 126 heavy (non-hydrogen) atoms. The van der Waals surface area contributed by atoms with Gasteiger partial charge in [0.25, 0.3) is 0 Å². The molecule has 0 saturated carbocycles. The van der Waals surface area contributed by atoms with Gasteiger partial charge in [0.05, 0.1) is 66.1 Å². The molecule has 0 unspecified atom stereocenters. The van der Waals surface area contributed by atoms with Crippen LogP contribution in [0.1, 0.15) is 410 Å². The van der Waals surface area contributed by atoms with Gasteiger partial charge in [-0.25, -0.2) is 20.0 Å². The zero-order chi connectivity index (χ0) is 88.0. The molecule has 4 N–H and O–H groups in total. The van der Waals surface area contributed by atoms with Gasteiger partial charge in [0.15, 0.2) is 0 Å². The van der Waals surface area contributed by atoms with Crippen molar-refractivity contribution in [1.82, 2.24) is 19.9 Å². The zero-order valence-electron chi connectivity index (χ0n) is 80.7. The highest BCUT2D eigenvalue weighted by Gasteiger charge is 2.21. The fourth-order valence-electron chi connectivity index (χ4n) is 18.7. The molecule has 8 bridgehead atoms. The van der Waals surface area contributed by atoms with Crippen LogP contribution in [0.3, 0.4) is 0 Å². The predicted molar refractivity (Wildman–Crippen MR) is 531 cm³/mol. The molecule has 0 fully saturated rings. The Morgan fingerprint density at radius 1 is 0.198 bits per heavy atom. The summed E-state index contributed by atoms with van der Waals surface area (Å²) in [5.41, 5.74) is 8.68. The molecule has 1 aliphatic rings. The topological polar surface area (TPSA) is 186 Å². The van der Waals surface area contributed by atoms with Gasteiger partial charge in [-0.3, -0.25) is 0 Å². The average Bonchev–Trinajstić information content (AvgIpc) is 1.59. The number of aryl methyl sites for hydroxylation is 4. The molecule has 704 valence electrons. The van der Waals surface area contributed by atoms with Crippen LogP contribution in [-0.2, 0) is 54.1 Å². The Hall–Kier alpha value is -6.40. The number of nitrogens with one attached hydrogen (secondary N) is 4. The van der Waals surface area contributed by atoms with E-state index >= 15 is 0 Å². The van der Waals surface area contributed by atoms with Gasteiger partial charge in [-0.1, -0.05) is 362 Å². The summed E-state index contributed by atoms with van der Waals surface area (Å²) in [7, 11) is 3.37. The smallest absolute Gasteiger partial charge is 0.142 e. The van der Waals surface area contributed by atoms with Crippen molar-refractivity contribution >= 4 is 66.4 Å². The van der Waals surface area contributed by atoms with Crippen molar-refractivity contribution in [2.45, 2.75) is 413 Å². The number of hydrogen-bond acceptors (Lipinski definition) is 12. The summed E-state index contributed by atoms with van der Waals surface area (Å²) in [4.78, 5) is 38.7. The Morgan fingerprint density at radius 3 is 0.683 bits per heavy atom. The van der Waals surface area contributed by atoms with Gasteiger partial charge in [0.1, 0.15) is 69.9 Å². The standard InChI is InChI=1S/C110H176N8O8/c1-7-11-15-19-23-27-31-35-39-43-47-51-55-59-63-89-83-97-98(84-90(89)64-60-56-52-48-44-40-36-32-28-24-20-16-12-8-2)106-115-105(97)111-103-95-69-67-93(125-81-79-123-77-75-121-73-71-119-5)87-101(95)109(112-103)113-104-96-70-68-94(126-82-80-124-78-76-122-74-72-120-6)88-102(96)110(114-104)118-108-100-86-92(66-62-58-54-50-46-42-38-34-30-26-22-18-14-10-4)91(85-99(100)107(116-106)117-108)65-61-57-53-49-45-41-37-33-29-25-21-17-13-9-3/h67-70,83-88H,7-66,71-82H2,1-6H3,(H4,111,112,113,114,115,116,117,118). The number of aromatic amines is 4. The fraction of sp³-hybridized carbons (Fsp3) is 0.709. The van der Waals surface area contributed by atoms with E-state index in [0.29, 0.717) is 113 Å². The molecule has 16 heteroatoms. The molecule has 16 nitrogen and oxygen atoms in total. The Morgan fingerprint density at radius 2 is 0.405 bits per heavy atom. The van der Waals surface area contributed by atoms with Gasteiger partial charge in [-0.05, 0) is 134 Å². The van der Waals surface area contributed by atoms with Gasteiger partial charge in [-0.15, -0.1) is 0 Å². The van der Waals surface area contributed by atoms with Crippen LogP contribution >= 0.6 is 0 Å². The van der Waals surface area contributed by atoms with Crippen LogP contribution in [-0.4, -0.2) is 113 Å². The first-order chi connectivity index (χ1) is 62.4. The van der Waals surface area contributed by atoms with Gasteiger partial charge < -0.3 is 57.8 Å². The van der Waals surface area contributed by atoms with Crippen LogP contribution in [0.2, 0.25) is 0 Å². The molecule has 0 saturated heterocycles. The van der Waals surface area contributed by atoms with E-state index in [1.807, 2.05) is 12.1 Å². The quantitative estimate of drug-likeness (QED) is 0.0271. The number of benzene rings is 4. The van der Waals surface area contributed by atoms with Crippen LogP contribution in [0.4, 0.5) is 23.3 Å². The lowest BCUT2D eigenvalue weighted by Crippen LogP contribution is -2.12. The number of nitrogens with zero attached hydrogens (tertiary/aromatic N) is 4. The average molecular weight is 1740 g/mol. The number of unbranched alkanes of at least 4 members (excludes halogenated alkanes) is 52. The molecule has 5 heterocycles. The first-order valence-electron chi connectivity index (χ1n) is 52.5. The van der Waals surface area contributed by atoms with Crippen molar-refractivity contribution in [3.05, 3.63) is 105 Å². The van der Waals surface area contributed by atoms with Crippen LogP contribution in [0.5, 0.6) is 11.5 Å². The molecule has 0 spiro atoms. The van der Waals surface area contributed by atoms with E-state index in [0.717, 1.165) is 97.8 Å². The van der Waals surface area contributed by atoms with Crippen LogP contribution in [0.15, 0.2) is 80.6 Å². The number of methoxy groups -OCH3 is 2. The highest BCUT2D eigenvalue weighted by Crippen LogP contribution is 2.40. The van der Waals surface area contributed by atoms with Crippen LogP contribution < -0.4 is 31.4 Å². The molecule has 8 aromatic rings. The van der Waals surface area contributed by atoms with Crippen LogP contribution in [0, 0.1) is 0 Å². The first-order valence-corrected chi connectivity index (χ1v) is 52.5. The van der Waals surface area contributed by atoms with E-state index in [-0.39, 0.29) is 0 Å². The summed E-state index contributed by atoms with van der Waals surface area (Å²) < 4.78 is 46.7. The molecule has 0 amide bonds. The third kappa shape index (κ3) is 39.3. The lowest BCUT2D eigenvalue weighted by Gasteiger charge is -2.12. The molecule has 9 rings (SSSR count). The largest absolute Gasteiger partial charge is 0.491 e. The molecule has 0 radical (unpaired) electrons. The predicted octanol–water partition coefficient (Wildman–Crippen LogP) is 29.9. The van der Waals surface area contributed by atoms with Gasteiger partial charge >= 0.3 is 0 Å². The molecule has 4 aromatic heterocycles. The summed E-state index contributed by atoms with van der Waals surface area (Å²) in [6.45, 7) is 14.9.